The van der Waals surface area contributed by atoms with E-state index in [0.29, 0.717) is 11.1 Å². The molecule has 0 radical (unpaired) electrons. The summed E-state index contributed by atoms with van der Waals surface area (Å²) >= 11 is 9.40. The molecule has 0 saturated heterocycles. The maximum absolute atomic E-state index is 5.98. The van der Waals surface area contributed by atoms with Crippen LogP contribution in [0.3, 0.4) is 0 Å². The monoisotopic (exact) mass is 325 g/mol. The predicted molar refractivity (Wildman–Crippen MR) is 76.7 cm³/mol. The molecule has 0 unspecified atom stereocenters. The Bertz CT molecular complexity index is 563. The van der Waals surface area contributed by atoms with Crippen LogP contribution in [-0.2, 0) is 6.54 Å². The van der Waals surface area contributed by atoms with Gasteiger partial charge in [-0.05, 0) is 59.1 Å². The van der Waals surface area contributed by atoms with Crippen LogP contribution >= 0.6 is 27.5 Å². The predicted octanol–water partition coefficient (Wildman–Crippen LogP) is 4.61. The molecule has 1 heterocycles. The van der Waals surface area contributed by atoms with Gasteiger partial charge in [-0.15, -0.1) is 0 Å². The second-order valence-corrected chi connectivity index (χ2v) is 5.81. The van der Waals surface area contributed by atoms with Gasteiger partial charge in [0.25, 0.3) is 0 Å². The number of furan rings is 1. The Hall–Kier alpha value is -0.770. The standard InChI is InChI=1S/C14H13BrClNO/c15-12-7-9(1-5-13(12)16)14-6-4-11(18-14)8-17-10-2-3-10/h1,4-7,10,17H,2-3,8H2. The molecule has 18 heavy (non-hydrogen) atoms. The van der Waals surface area contributed by atoms with Gasteiger partial charge in [0.1, 0.15) is 11.5 Å². The van der Waals surface area contributed by atoms with E-state index in [1.807, 2.05) is 30.3 Å². The summed E-state index contributed by atoms with van der Waals surface area (Å²) in [5.74, 6) is 1.85. The van der Waals surface area contributed by atoms with E-state index in [1.54, 1.807) is 0 Å². The summed E-state index contributed by atoms with van der Waals surface area (Å²) in [6, 6.07) is 10.5. The van der Waals surface area contributed by atoms with Crippen LogP contribution < -0.4 is 5.32 Å². The van der Waals surface area contributed by atoms with Crippen molar-refractivity contribution in [1.29, 1.82) is 0 Å². The Kier molecular flexibility index (Phi) is 3.46. The van der Waals surface area contributed by atoms with Gasteiger partial charge in [0.15, 0.2) is 0 Å². The summed E-state index contributed by atoms with van der Waals surface area (Å²) < 4.78 is 6.70. The van der Waals surface area contributed by atoms with Crippen molar-refractivity contribution in [2.45, 2.75) is 25.4 Å². The summed E-state index contributed by atoms with van der Waals surface area (Å²) in [4.78, 5) is 0. The highest BCUT2D eigenvalue weighted by Gasteiger charge is 2.20. The molecule has 1 aliphatic carbocycles. The third-order valence-electron chi connectivity index (χ3n) is 3.01. The SMILES string of the molecule is Clc1ccc(-c2ccc(CNC3CC3)o2)cc1Br. The molecule has 94 valence electrons. The van der Waals surface area contributed by atoms with Gasteiger partial charge in [0, 0.05) is 16.1 Å². The van der Waals surface area contributed by atoms with Gasteiger partial charge in [0.05, 0.1) is 11.6 Å². The summed E-state index contributed by atoms with van der Waals surface area (Å²) in [5.41, 5.74) is 1.03. The average molecular weight is 327 g/mol. The average Bonchev–Trinajstić information content (AvgIpc) is 3.08. The van der Waals surface area contributed by atoms with Gasteiger partial charge in [-0.2, -0.15) is 0 Å². The first-order chi connectivity index (χ1) is 8.72. The summed E-state index contributed by atoms with van der Waals surface area (Å²) in [6.07, 6.45) is 2.58. The van der Waals surface area contributed by atoms with E-state index in [0.717, 1.165) is 28.1 Å². The Balaban J connectivity index is 1.76. The van der Waals surface area contributed by atoms with Crippen LogP contribution in [0.15, 0.2) is 39.2 Å². The highest BCUT2D eigenvalue weighted by molar-refractivity contribution is 9.10. The number of rotatable bonds is 4. The van der Waals surface area contributed by atoms with Crippen molar-refractivity contribution in [3.05, 3.63) is 45.6 Å². The number of nitrogens with one attached hydrogen (secondary N) is 1. The van der Waals surface area contributed by atoms with E-state index >= 15 is 0 Å². The summed E-state index contributed by atoms with van der Waals surface area (Å²) in [7, 11) is 0. The van der Waals surface area contributed by atoms with Crippen molar-refractivity contribution >= 4 is 27.5 Å². The molecule has 3 rings (SSSR count). The lowest BCUT2D eigenvalue weighted by Crippen LogP contribution is -2.14. The molecule has 0 bridgehead atoms. The minimum Gasteiger partial charge on any atom is -0.460 e. The third-order valence-corrected chi connectivity index (χ3v) is 4.22. The highest BCUT2D eigenvalue weighted by Crippen LogP contribution is 2.30. The molecule has 1 saturated carbocycles. The second-order valence-electron chi connectivity index (χ2n) is 4.55. The smallest absolute Gasteiger partial charge is 0.134 e. The van der Waals surface area contributed by atoms with Gasteiger partial charge < -0.3 is 9.73 Å². The molecule has 2 nitrogen and oxygen atoms in total. The van der Waals surface area contributed by atoms with E-state index in [1.165, 1.54) is 12.8 Å². The van der Waals surface area contributed by atoms with Crippen molar-refractivity contribution in [1.82, 2.24) is 5.32 Å². The van der Waals surface area contributed by atoms with Gasteiger partial charge in [-0.1, -0.05) is 11.6 Å². The van der Waals surface area contributed by atoms with Crippen molar-refractivity contribution in [3.63, 3.8) is 0 Å². The van der Waals surface area contributed by atoms with E-state index in [2.05, 4.69) is 21.2 Å². The second kappa shape index (κ2) is 5.08. The number of benzene rings is 1. The van der Waals surface area contributed by atoms with Crippen LogP contribution in [0.5, 0.6) is 0 Å². The Morgan fingerprint density at radius 3 is 2.83 bits per heavy atom. The zero-order valence-corrected chi connectivity index (χ0v) is 12.1. The van der Waals surface area contributed by atoms with Crippen molar-refractivity contribution in [2.24, 2.45) is 0 Å². The van der Waals surface area contributed by atoms with E-state index in [-0.39, 0.29) is 0 Å². The fraction of sp³-hybridized carbons (Fsp3) is 0.286. The molecule has 1 aromatic carbocycles. The topological polar surface area (TPSA) is 25.2 Å². The summed E-state index contributed by atoms with van der Waals surface area (Å²) in [6.45, 7) is 0.805. The summed E-state index contributed by atoms with van der Waals surface area (Å²) in [5, 5.41) is 4.14. The molecule has 0 amide bonds. The fourth-order valence-electron chi connectivity index (χ4n) is 1.81. The Labute approximate surface area is 119 Å². The molecular formula is C14H13BrClNO. The first-order valence-electron chi connectivity index (χ1n) is 6.00. The first kappa shape index (κ1) is 12.3. The Morgan fingerprint density at radius 2 is 2.11 bits per heavy atom. The zero-order chi connectivity index (χ0) is 12.5. The van der Waals surface area contributed by atoms with Gasteiger partial charge in [-0.25, -0.2) is 0 Å². The molecular weight excluding hydrogens is 314 g/mol. The van der Waals surface area contributed by atoms with Crippen LogP contribution in [0, 0.1) is 0 Å². The lowest BCUT2D eigenvalue weighted by molar-refractivity contribution is 0.492. The van der Waals surface area contributed by atoms with Crippen LogP contribution in [0.2, 0.25) is 5.02 Å². The molecule has 0 atom stereocenters. The maximum atomic E-state index is 5.98. The minimum absolute atomic E-state index is 0.697. The van der Waals surface area contributed by atoms with Crippen LogP contribution in [0.25, 0.3) is 11.3 Å². The normalized spacial score (nSPS) is 15.0. The largest absolute Gasteiger partial charge is 0.460 e. The fourth-order valence-corrected chi connectivity index (χ4v) is 2.31. The zero-order valence-electron chi connectivity index (χ0n) is 9.75. The number of halogens is 2. The van der Waals surface area contributed by atoms with Gasteiger partial charge in [-0.3, -0.25) is 0 Å². The molecule has 0 aliphatic heterocycles. The Morgan fingerprint density at radius 1 is 1.28 bits per heavy atom. The molecule has 1 fully saturated rings. The van der Waals surface area contributed by atoms with Crippen LogP contribution in [0.4, 0.5) is 0 Å². The number of hydrogen-bond donors (Lipinski definition) is 1. The molecule has 2 aromatic rings. The van der Waals surface area contributed by atoms with Crippen molar-refractivity contribution in [3.8, 4) is 11.3 Å². The maximum Gasteiger partial charge on any atom is 0.134 e. The van der Waals surface area contributed by atoms with E-state index in [4.69, 9.17) is 16.0 Å². The van der Waals surface area contributed by atoms with Crippen molar-refractivity contribution in [2.75, 3.05) is 0 Å². The lowest BCUT2D eigenvalue weighted by atomic mass is 10.2. The van der Waals surface area contributed by atoms with Gasteiger partial charge >= 0.3 is 0 Å². The van der Waals surface area contributed by atoms with Gasteiger partial charge in [0.2, 0.25) is 0 Å². The van der Waals surface area contributed by atoms with Crippen LogP contribution in [0.1, 0.15) is 18.6 Å². The van der Waals surface area contributed by atoms with E-state index in [9.17, 15) is 0 Å². The van der Waals surface area contributed by atoms with Crippen molar-refractivity contribution < 1.29 is 4.42 Å². The molecule has 1 aliphatic rings. The lowest BCUT2D eigenvalue weighted by Gasteiger charge is -2.01. The number of hydrogen-bond acceptors (Lipinski definition) is 2. The molecule has 4 heteroatoms. The minimum atomic E-state index is 0.697. The molecule has 1 aromatic heterocycles. The highest BCUT2D eigenvalue weighted by atomic mass is 79.9. The van der Waals surface area contributed by atoms with E-state index < -0.39 is 0 Å². The molecule has 1 N–H and O–H groups in total. The quantitative estimate of drug-likeness (QED) is 0.887. The third kappa shape index (κ3) is 2.79. The molecule has 0 spiro atoms. The first-order valence-corrected chi connectivity index (χ1v) is 7.17. The van der Waals surface area contributed by atoms with Crippen LogP contribution in [-0.4, -0.2) is 6.04 Å².